The standard InChI is InChI=1S/C22H23ClF3N3O2/c23-17-5-1-15(2-6-17)21(31)29-13-19(20(30)14-29)28-11-9-27(10-12-28)18-7-3-16(4-8-18)22(24,25)26/h1-8,19-20,30H,9-14H2/t19-,20-/m0/s1. The molecule has 0 bridgehead atoms. The highest BCUT2D eigenvalue weighted by Crippen LogP contribution is 2.31. The highest BCUT2D eigenvalue weighted by Gasteiger charge is 2.39. The van der Waals surface area contributed by atoms with Crippen LogP contribution in [0.25, 0.3) is 0 Å². The van der Waals surface area contributed by atoms with E-state index in [0.717, 1.165) is 17.8 Å². The van der Waals surface area contributed by atoms with Crippen molar-refractivity contribution < 1.29 is 23.1 Å². The smallest absolute Gasteiger partial charge is 0.390 e. The molecule has 2 aromatic carbocycles. The molecule has 2 aliphatic rings. The molecule has 1 N–H and O–H groups in total. The number of rotatable bonds is 3. The number of carbonyl (C=O) groups is 1. The quantitative estimate of drug-likeness (QED) is 0.774. The lowest BCUT2D eigenvalue weighted by Gasteiger charge is -2.39. The lowest BCUT2D eigenvalue weighted by atomic mass is 10.1. The van der Waals surface area contributed by atoms with Crippen molar-refractivity contribution in [2.45, 2.75) is 18.3 Å². The zero-order chi connectivity index (χ0) is 22.2. The molecular weight excluding hydrogens is 431 g/mol. The molecule has 166 valence electrons. The van der Waals surface area contributed by atoms with Gasteiger partial charge in [-0.05, 0) is 48.5 Å². The van der Waals surface area contributed by atoms with Gasteiger partial charge in [-0.25, -0.2) is 0 Å². The zero-order valence-corrected chi connectivity index (χ0v) is 17.5. The van der Waals surface area contributed by atoms with Crippen LogP contribution in [0.1, 0.15) is 15.9 Å². The lowest BCUT2D eigenvalue weighted by molar-refractivity contribution is -0.137. The average Bonchev–Trinajstić information content (AvgIpc) is 3.15. The maximum Gasteiger partial charge on any atom is 0.416 e. The van der Waals surface area contributed by atoms with Crippen molar-refractivity contribution >= 4 is 23.2 Å². The van der Waals surface area contributed by atoms with Gasteiger partial charge in [0.1, 0.15) is 0 Å². The van der Waals surface area contributed by atoms with Gasteiger partial charge in [0.25, 0.3) is 5.91 Å². The summed E-state index contributed by atoms with van der Waals surface area (Å²) >= 11 is 5.88. The number of alkyl halides is 3. The first-order chi connectivity index (χ1) is 14.7. The number of anilines is 1. The molecule has 0 radical (unpaired) electrons. The van der Waals surface area contributed by atoms with Gasteiger partial charge in [0.05, 0.1) is 17.7 Å². The van der Waals surface area contributed by atoms with Gasteiger partial charge < -0.3 is 14.9 Å². The molecular formula is C22H23ClF3N3O2. The molecule has 2 heterocycles. The summed E-state index contributed by atoms with van der Waals surface area (Å²) in [4.78, 5) is 18.6. The Kier molecular flexibility index (Phi) is 6.14. The third-order valence-corrected chi connectivity index (χ3v) is 6.23. The minimum absolute atomic E-state index is 0.137. The Bertz CT molecular complexity index is 913. The average molecular weight is 454 g/mol. The fourth-order valence-electron chi connectivity index (χ4n) is 4.24. The number of aliphatic hydroxyl groups excluding tert-OH is 1. The van der Waals surface area contributed by atoms with Crippen LogP contribution in [0.2, 0.25) is 5.02 Å². The first-order valence-electron chi connectivity index (χ1n) is 10.1. The number of carbonyl (C=O) groups excluding carboxylic acids is 1. The normalized spacial score (nSPS) is 22.7. The first kappa shape index (κ1) is 21.9. The van der Waals surface area contributed by atoms with Gasteiger partial charge in [-0.1, -0.05) is 11.6 Å². The monoisotopic (exact) mass is 453 g/mol. The van der Waals surface area contributed by atoms with E-state index in [1.54, 1.807) is 29.2 Å². The number of hydrogen-bond donors (Lipinski definition) is 1. The molecule has 0 unspecified atom stereocenters. The minimum atomic E-state index is -4.34. The molecule has 31 heavy (non-hydrogen) atoms. The Morgan fingerprint density at radius 3 is 2.13 bits per heavy atom. The van der Waals surface area contributed by atoms with Crippen LogP contribution in [0.4, 0.5) is 18.9 Å². The van der Waals surface area contributed by atoms with Crippen molar-refractivity contribution in [1.29, 1.82) is 0 Å². The number of β-amino-alcohol motifs (C(OH)–C–C–N with tert-alkyl or cyclic N) is 1. The van der Waals surface area contributed by atoms with E-state index in [2.05, 4.69) is 4.90 Å². The van der Waals surface area contributed by atoms with Gasteiger partial charge in [0.2, 0.25) is 0 Å². The van der Waals surface area contributed by atoms with Crippen molar-refractivity contribution in [3.05, 3.63) is 64.7 Å². The van der Waals surface area contributed by atoms with E-state index < -0.39 is 17.8 Å². The van der Waals surface area contributed by atoms with Crippen LogP contribution in [0, 0.1) is 0 Å². The summed E-state index contributed by atoms with van der Waals surface area (Å²) in [6, 6.07) is 11.7. The number of piperazine rings is 1. The summed E-state index contributed by atoms with van der Waals surface area (Å²) in [5, 5.41) is 11.1. The van der Waals surface area contributed by atoms with Gasteiger partial charge >= 0.3 is 6.18 Å². The molecule has 2 aromatic rings. The van der Waals surface area contributed by atoms with Crippen molar-refractivity contribution in [2.24, 2.45) is 0 Å². The summed E-state index contributed by atoms with van der Waals surface area (Å²) in [7, 11) is 0. The van der Waals surface area contributed by atoms with Crippen LogP contribution in [0.5, 0.6) is 0 Å². The third-order valence-electron chi connectivity index (χ3n) is 5.98. The number of amides is 1. The van der Waals surface area contributed by atoms with Crippen molar-refractivity contribution in [2.75, 3.05) is 44.2 Å². The Hall–Kier alpha value is -2.29. The van der Waals surface area contributed by atoms with E-state index in [1.165, 1.54) is 12.1 Å². The highest BCUT2D eigenvalue weighted by atomic mass is 35.5. The maximum atomic E-state index is 12.8. The molecule has 0 aliphatic carbocycles. The summed E-state index contributed by atoms with van der Waals surface area (Å²) < 4.78 is 38.3. The van der Waals surface area contributed by atoms with Crippen LogP contribution in [0.3, 0.4) is 0 Å². The van der Waals surface area contributed by atoms with E-state index in [4.69, 9.17) is 11.6 Å². The second kappa shape index (κ2) is 8.68. The molecule has 0 aromatic heterocycles. The predicted octanol–water partition coefficient (Wildman–Crippen LogP) is 3.37. The fraction of sp³-hybridized carbons (Fsp3) is 0.409. The Morgan fingerprint density at radius 1 is 0.935 bits per heavy atom. The summed E-state index contributed by atoms with van der Waals surface area (Å²) in [6.45, 7) is 3.30. The fourth-order valence-corrected chi connectivity index (χ4v) is 4.37. The second-order valence-electron chi connectivity index (χ2n) is 7.92. The van der Waals surface area contributed by atoms with Crippen molar-refractivity contribution in [3.63, 3.8) is 0 Å². The van der Waals surface area contributed by atoms with Crippen LogP contribution in [0.15, 0.2) is 48.5 Å². The van der Waals surface area contributed by atoms with Gasteiger partial charge in [0, 0.05) is 55.5 Å². The third kappa shape index (κ3) is 4.81. The molecule has 2 fully saturated rings. The highest BCUT2D eigenvalue weighted by molar-refractivity contribution is 6.30. The molecule has 1 amide bonds. The Morgan fingerprint density at radius 2 is 1.55 bits per heavy atom. The Balaban J connectivity index is 1.34. The predicted molar refractivity (Wildman–Crippen MR) is 112 cm³/mol. The molecule has 2 aliphatic heterocycles. The van der Waals surface area contributed by atoms with Crippen molar-refractivity contribution in [3.8, 4) is 0 Å². The van der Waals surface area contributed by atoms with E-state index >= 15 is 0 Å². The van der Waals surface area contributed by atoms with Gasteiger partial charge in [-0.15, -0.1) is 0 Å². The number of benzene rings is 2. The molecule has 2 atom stereocenters. The topological polar surface area (TPSA) is 47.0 Å². The largest absolute Gasteiger partial charge is 0.416 e. The van der Waals surface area contributed by atoms with Gasteiger partial charge in [-0.2, -0.15) is 13.2 Å². The number of likely N-dealkylation sites (tertiary alicyclic amines) is 1. The zero-order valence-electron chi connectivity index (χ0n) is 16.7. The lowest BCUT2D eigenvalue weighted by Crippen LogP contribution is -2.53. The minimum Gasteiger partial charge on any atom is -0.390 e. The molecule has 0 spiro atoms. The number of aliphatic hydroxyl groups is 1. The summed E-state index contributed by atoms with van der Waals surface area (Å²) in [5.41, 5.74) is 0.623. The maximum absolute atomic E-state index is 12.8. The van der Waals surface area contributed by atoms with Crippen LogP contribution in [-0.4, -0.2) is 72.2 Å². The summed E-state index contributed by atoms with van der Waals surface area (Å²) in [5.74, 6) is -0.137. The second-order valence-corrected chi connectivity index (χ2v) is 8.36. The van der Waals surface area contributed by atoms with Crippen molar-refractivity contribution in [1.82, 2.24) is 9.80 Å². The molecule has 2 saturated heterocycles. The van der Waals surface area contributed by atoms with Crippen LogP contribution < -0.4 is 4.90 Å². The van der Waals surface area contributed by atoms with Gasteiger partial charge in [0.15, 0.2) is 0 Å². The molecule has 0 saturated carbocycles. The summed E-state index contributed by atoms with van der Waals surface area (Å²) in [6.07, 6.45) is -4.99. The SMILES string of the molecule is O=C(c1ccc(Cl)cc1)N1C[C@H](O)[C@@H](N2CCN(c3ccc(C(F)(F)F)cc3)CC2)C1. The Labute approximate surface area is 183 Å². The van der Waals surface area contributed by atoms with Gasteiger partial charge in [-0.3, -0.25) is 9.69 Å². The molecule has 5 nitrogen and oxygen atoms in total. The molecule has 9 heteroatoms. The molecule has 4 rings (SSSR count). The van der Waals surface area contributed by atoms with E-state index in [0.29, 0.717) is 43.3 Å². The van der Waals surface area contributed by atoms with Crippen LogP contribution in [-0.2, 0) is 6.18 Å². The number of halogens is 4. The van der Waals surface area contributed by atoms with E-state index in [-0.39, 0.29) is 18.5 Å². The van der Waals surface area contributed by atoms with Crippen LogP contribution >= 0.6 is 11.6 Å². The number of hydrogen-bond acceptors (Lipinski definition) is 4. The van der Waals surface area contributed by atoms with E-state index in [1.807, 2.05) is 4.90 Å². The van der Waals surface area contributed by atoms with E-state index in [9.17, 15) is 23.1 Å². The number of nitrogens with zero attached hydrogens (tertiary/aromatic N) is 3. The first-order valence-corrected chi connectivity index (χ1v) is 10.5.